The van der Waals surface area contributed by atoms with Gasteiger partial charge in [-0.3, -0.25) is 0 Å². The minimum Gasteiger partial charge on any atom is -0.496 e. The van der Waals surface area contributed by atoms with E-state index in [0.29, 0.717) is 0 Å². The number of hydrogen-bond donors (Lipinski definition) is 1. The maximum atomic E-state index is 6.18. The maximum Gasteiger partial charge on any atom is 0.123 e. The number of rotatable bonds is 7. The van der Waals surface area contributed by atoms with Crippen LogP contribution >= 0.6 is 0 Å². The molecular weight excluding hydrogens is 216 g/mol. The summed E-state index contributed by atoms with van der Waals surface area (Å²) >= 11 is 0. The second-order valence-corrected chi connectivity index (χ2v) is 4.10. The third kappa shape index (κ3) is 4.34. The first-order chi connectivity index (χ1) is 8.19. The SMILES string of the molecule is COCCN(C)CC(N)c1ccccc1OC. The van der Waals surface area contributed by atoms with Crippen molar-refractivity contribution in [1.82, 2.24) is 4.90 Å². The van der Waals surface area contributed by atoms with E-state index in [0.717, 1.165) is 31.0 Å². The third-order valence-electron chi connectivity index (χ3n) is 2.72. The fourth-order valence-electron chi connectivity index (χ4n) is 1.75. The van der Waals surface area contributed by atoms with Gasteiger partial charge in [0.15, 0.2) is 0 Å². The lowest BCUT2D eigenvalue weighted by molar-refractivity contribution is 0.158. The summed E-state index contributed by atoms with van der Waals surface area (Å²) in [7, 11) is 5.41. The van der Waals surface area contributed by atoms with Gasteiger partial charge < -0.3 is 20.1 Å². The fourth-order valence-corrected chi connectivity index (χ4v) is 1.75. The van der Waals surface area contributed by atoms with Crippen LogP contribution in [0, 0.1) is 0 Å². The van der Waals surface area contributed by atoms with Crippen molar-refractivity contribution in [1.29, 1.82) is 0 Å². The van der Waals surface area contributed by atoms with E-state index in [1.54, 1.807) is 14.2 Å². The van der Waals surface area contributed by atoms with Crippen LogP contribution in [0.2, 0.25) is 0 Å². The molecular formula is C13H22N2O2. The number of nitrogens with zero attached hydrogens (tertiary/aromatic N) is 1. The number of methoxy groups -OCH3 is 2. The molecule has 1 aromatic carbocycles. The molecule has 1 rings (SSSR count). The van der Waals surface area contributed by atoms with E-state index < -0.39 is 0 Å². The molecule has 1 atom stereocenters. The molecule has 4 nitrogen and oxygen atoms in total. The van der Waals surface area contributed by atoms with E-state index in [4.69, 9.17) is 15.2 Å². The zero-order valence-corrected chi connectivity index (χ0v) is 10.8. The van der Waals surface area contributed by atoms with Crippen molar-refractivity contribution in [2.45, 2.75) is 6.04 Å². The first-order valence-corrected chi connectivity index (χ1v) is 5.75. The monoisotopic (exact) mass is 238 g/mol. The zero-order chi connectivity index (χ0) is 12.7. The highest BCUT2D eigenvalue weighted by molar-refractivity contribution is 5.35. The van der Waals surface area contributed by atoms with Crippen LogP contribution in [0.15, 0.2) is 24.3 Å². The summed E-state index contributed by atoms with van der Waals surface area (Å²) in [5.41, 5.74) is 7.22. The van der Waals surface area contributed by atoms with Crippen molar-refractivity contribution < 1.29 is 9.47 Å². The van der Waals surface area contributed by atoms with E-state index in [9.17, 15) is 0 Å². The standard InChI is InChI=1S/C13H22N2O2/c1-15(8-9-16-2)10-12(14)11-6-4-5-7-13(11)17-3/h4-7,12H,8-10,14H2,1-3H3. The highest BCUT2D eigenvalue weighted by atomic mass is 16.5. The first kappa shape index (κ1) is 14.0. The summed E-state index contributed by atoms with van der Waals surface area (Å²) in [4.78, 5) is 2.15. The quantitative estimate of drug-likeness (QED) is 0.777. The van der Waals surface area contributed by atoms with Crippen LogP contribution in [-0.2, 0) is 4.74 Å². The van der Waals surface area contributed by atoms with Crippen molar-refractivity contribution in [3.8, 4) is 5.75 Å². The summed E-state index contributed by atoms with van der Waals surface area (Å²) in [6.45, 7) is 2.37. The zero-order valence-electron chi connectivity index (χ0n) is 10.8. The van der Waals surface area contributed by atoms with Crippen LogP contribution in [0.5, 0.6) is 5.75 Å². The molecule has 0 fully saturated rings. The van der Waals surface area contributed by atoms with Crippen molar-refractivity contribution in [3.05, 3.63) is 29.8 Å². The summed E-state index contributed by atoms with van der Waals surface area (Å²) in [6.07, 6.45) is 0. The van der Waals surface area contributed by atoms with Crippen molar-refractivity contribution in [3.63, 3.8) is 0 Å². The summed E-state index contributed by atoms with van der Waals surface area (Å²) < 4.78 is 10.3. The first-order valence-electron chi connectivity index (χ1n) is 5.75. The van der Waals surface area contributed by atoms with Gasteiger partial charge in [0.05, 0.1) is 13.7 Å². The van der Waals surface area contributed by atoms with Crippen LogP contribution in [0.25, 0.3) is 0 Å². The summed E-state index contributed by atoms with van der Waals surface area (Å²) in [6, 6.07) is 7.82. The lowest BCUT2D eigenvalue weighted by atomic mass is 10.1. The summed E-state index contributed by atoms with van der Waals surface area (Å²) in [5.74, 6) is 0.847. The molecule has 0 saturated heterocycles. The van der Waals surface area contributed by atoms with E-state index in [2.05, 4.69) is 4.90 Å². The number of likely N-dealkylation sites (N-methyl/N-ethyl adjacent to an activating group) is 1. The molecule has 0 spiro atoms. The molecule has 17 heavy (non-hydrogen) atoms. The Kier molecular flexibility index (Phi) is 5.97. The molecule has 0 saturated carbocycles. The Bertz CT molecular complexity index is 331. The normalized spacial score (nSPS) is 12.8. The molecule has 1 aromatic rings. The lowest BCUT2D eigenvalue weighted by Gasteiger charge is -2.22. The van der Waals surface area contributed by atoms with Gasteiger partial charge in [-0.15, -0.1) is 0 Å². The second kappa shape index (κ2) is 7.27. The average Bonchev–Trinajstić information content (AvgIpc) is 2.36. The predicted octanol–water partition coefficient (Wildman–Crippen LogP) is 1.27. The molecule has 0 aromatic heterocycles. The van der Waals surface area contributed by atoms with E-state index in [-0.39, 0.29) is 6.04 Å². The Balaban J connectivity index is 2.59. The summed E-state index contributed by atoms with van der Waals surface area (Å²) in [5, 5.41) is 0. The van der Waals surface area contributed by atoms with Gasteiger partial charge in [-0.05, 0) is 13.1 Å². The molecule has 0 bridgehead atoms. The number of hydrogen-bond acceptors (Lipinski definition) is 4. The highest BCUT2D eigenvalue weighted by Gasteiger charge is 2.13. The smallest absolute Gasteiger partial charge is 0.123 e. The Labute approximate surface area is 103 Å². The highest BCUT2D eigenvalue weighted by Crippen LogP contribution is 2.23. The number of benzene rings is 1. The van der Waals surface area contributed by atoms with Crippen LogP contribution in [0.3, 0.4) is 0 Å². The molecule has 0 amide bonds. The molecule has 0 aliphatic heterocycles. The molecule has 2 N–H and O–H groups in total. The Morgan fingerprint density at radius 3 is 2.65 bits per heavy atom. The number of para-hydroxylation sites is 1. The van der Waals surface area contributed by atoms with Gasteiger partial charge in [-0.1, -0.05) is 18.2 Å². The second-order valence-electron chi connectivity index (χ2n) is 4.10. The average molecular weight is 238 g/mol. The predicted molar refractivity (Wildman–Crippen MR) is 69.3 cm³/mol. The van der Waals surface area contributed by atoms with E-state index >= 15 is 0 Å². The lowest BCUT2D eigenvalue weighted by Crippen LogP contribution is -2.31. The van der Waals surface area contributed by atoms with Crippen LogP contribution < -0.4 is 10.5 Å². The number of ether oxygens (including phenoxy) is 2. The molecule has 0 aliphatic rings. The minimum absolute atomic E-state index is 0.0481. The Hall–Kier alpha value is -1.10. The van der Waals surface area contributed by atoms with Crippen LogP contribution in [0.4, 0.5) is 0 Å². The van der Waals surface area contributed by atoms with Crippen LogP contribution in [-0.4, -0.2) is 45.9 Å². The van der Waals surface area contributed by atoms with Gasteiger partial charge in [0.25, 0.3) is 0 Å². The van der Waals surface area contributed by atoms with Crippen molar-refractivity contribution >= 4 is 0 Å². The minimum atomic E-state index is -0.0481. The van der Waals surface area contributed by atoms with Gasteiger partial charge in [0.1, 0.15) is 5.75 Å². The Morgan fingerprint density at radius 2 is 2.00 bits per heavy atom. The van der Waals surface area contributed by atoms with Gasteiger partial charge in [0.2, 0.25) is 0 Å². The van der Waals surface area contributed by atoms with E-state index in [1.165, 1.54) is 0 Å². The van der Waals surface area contributed by atoms with Crippen LogP contribution in [0.1, 0.15) is 11.6 Å². The molecule has 0 heterocycles. The molecule has 0 radical (unpaired) electrons. The molecule has 1 unspecified atom stereocenters. The molecule has 0 aliphatic carbocycles. The van der Waals surface area contributed by atoms with Gasteiger partial charge in [-0.2, -0.15) is 0 Å². The number of nitrogens with two attached hydrogens (primary N) is 1. The molecule has 96 valence electrons. The maximum absolute atomic E-state index is 6.18. The van der Waals surface area contributed by atoms with Gasteiger partial charge in [0, 0.05) is 31.8 Å². The third-order valence-corrected chi connectivity index (χ3v) is 2.72. The van der Waals surface area contributed by atoms with Gasteiger partial charge in [-0.25, -0.2) is 0 Å². The van der Waals surface area contributed by atoms with E-state index in [1.807, 2.05) is 31.3 Å². The van der Waals surface area contributed by atoms with Crippen molar-refractivity contribution in [2.24, 2.45) is 5.73 Å². The Morgan fingerprint density at radius 1 is 1.29 bits per heavy atom. The largest absolute Gasteiger partial charge is 0.496 e. The van der Waals surface area contributed by atoms with Gasteiger partial charge >= 0.3 is 0 Å². The van der Waals surface area contributed by atoms with Crippen molar-refractivity contribution in [2.75, 3.05) is 41.0 Å². The molecule has 4 heteroatoms. The topological polar surface area (TPSA) is 47.7 Å². The fraction of sp³-hybridized carbons (Fsp3) is 0.538.